The zero-order valence-electron chi connectivity index (χ0n) is 13.2. The number of hydrogen-bond donors (Lipinski definition) is 1. The van der Waals surface area contributed by atoms with E-state index in [1.807, 2.05) is 32.0 Å². The fraction of sp³-hybridized carbons (Fsp3) is 0.278. The lowest BCUT2D eigenvalue weighted by molar-refractivity contribution is -0.137. The Kier molecular flexibility index (Phi) is 4.78. The van der Waals surface area contributed by atoms with Gasteiger partial charge in [0.1, 0.15) is 0 Å². The molecule has 0 spiro atoms. The van der Waals surface area contributed by atoms with Gasteiger partial charge in [0.2, 0.25) is 0 Å². The van der Waals surface area contributed by atoms with Gasteiger partial charge >= 0.3 is 6.18 Å². The average molecular weight is 321 g/mol. The number of benzene rings is 2. The number of aryl methyl sites for hydroxylation is 2. The number of carbonyl (C=O) groups is 1. The summed E-state index contributed by atoms with van der Waals surface area (Å²) in [5.74, 6) is -0.730. The zero-order valence-corrected chi connectivity index (χ0v) is 13.2. The van der Waals surface area contributed by atoms with E-state index < -0.39 is 17.6 Å². The van der Waals surface area contributed by atoms with Crippen LogP contribution in [0.4, 0.5) is 13.2 Å². The lowest BCUT2D eigenvalue weighted by Gasteiger charge is -2.19. The van der Waals surface area contributed by atoms with Crippen molar-refractivity contribution in [1.29, 1.82) is 0 Å². The maximum absolute atomic E-state index is 13.0. The number of rotatable bonds is 3. The monoisotopic (exact) mass is 321 g/mol. The predicted octanol–water partition coefficient (Wildman–Crippen LogP) is 4.81. The minimum atomic E-state index is -4.56. The Morgan fingerprint density at radius 3 is 2.39 bits per heavy atom. The molecular formula is C18H18F3NO. The minimum absolute atomic E-state index is 0.364. The molecular weight excluding hydrogens is 303 g/mol. The minimum Gasteiger partial charge on any atom is -0.345 e. The molecule has 0 aliphatic carbocycles. The molecule has 1 atom stereocenters. The molecule has 0 aliphatic rings. The highest BCUT2D eigenvalue weighted by Crippen LogP contribution is 2.32. The SMILES string of the molecule is Cc1ccc(C)c(C(C)NC(=O)c2ccccc2C(F)(F)F)c1. The number of alkyl halides is 3. The third-order valence-electron chi connectivity index (χ3n) is 3.73. The molecule has 0 radical (unpaired) electrons. The van der Waals surface area contributed by atoms with Crippen LogP contribution in [-0.2, 0) is 6.18 Å². The van der Waals surface area contributed by atoms with Gasteiger partial charge in [-0.3, -0.25) is 4.79 Å². The number of hydrogen-bond acceptors (Lipinski definition) is 1. The lowest BCUT2D eigenvalue weighted by Crippen LogP contribution is -2.29. The third kappa shape index (κ3) is 3.92. The number of nitrogens with one attached hydrogen (secondary N) is 1. The first-order valence-electron chi connectivity index (χ1n) is 7.24. The van der Waals surface area contributed by atoms with Crippen LogP contribution < -0.4 is 5.32 Å². The van der Waals surface area contributed by atoms with Crippen molar-refractivity contribution >= 4 is 5.91 Å². The maximum Gasteiger partial charge on any atom is 0.417 e. The summed E-state index contributed by atoms with van der Waals surface area (Å²) in [7, 11) is 0. The van der Waals surface area contributed by atoms with Gasteiger partial charge in [-0.2, -0.15) is 13.2 Å². The maximum atomic E-state index is 13.0. The van der Waals surface area contributed by atoms with Crippen molar-refractivity contribution in [2.75, 3.05) is 0 Å². The summed E-state index contributed by atoms with van der Waals surface area (Å²) in [6.45, 7) is 5.59. The van der Waals surface area contributed by atoms with E-state index >= 15 is 0 Å². The predicted molar refractivity (Wildman–Crippen MR) is 83.2 cm³/mol. The molecule has 1 amide bonds. The second-order valence-corrected chi connectivity index (χ2v) is 5.60. The number of halogens is 3. The molecule has 2 aromatic rings. The highest BCUT2D eigenvalue weighted by atomic mass is 19.4. The summed E-state index contributed by atoms with van der Waals surface area (Å²) < 4.78 is 39.0. The van der Waals surface area contributed by atoms with E-state index in [9.17, 15) is 18.0 Å². The normalized spacial score (nSPS) is 12.8. The van der Waals surface area contributed by atoms with E-state index in [1.54, 1.807) is 6.92 Å². The van der Waals surface area contributed by atoms with Gasteiger partial charge in [0.25, 0.3) is 5.91 Å². The van der Waals surface area contributed by atoms with Crippen molar-refractivity contribution in [2.24, 2.45) is 0 Å². The fourth-order valence-corrected chi connectivity index (χ4v) is 2.51. The lowest BCUT2D eigenvalue weighted by atomic mass is 9.99. The van der Waals surface area contributed by atoms with E-state index in [0.717, 1.165) is 22.8 Å². The second kappa shape index (κ2) is 6.44. The van der Waals surface area contributed by atoms with Crippen LogP contribution in [0.25, 0.3) is 0 Å². The Morgan fingerprint density at radius 2 is 1.74 bits per heavy atom. The molecule has 2 rings (SSSR count). The molecule has 23 heavy (non-hydrogen) atoms. The molecule has 0 saturated heterocycles. The van der Waals surface area contributed by atoms with Gasteiger partial charge in [0.05, 0.1) is 17.2 Å². The molecule has 0 saturated carbocycles. The van der Waals surface area contributed by atoms with Gasteiger partial charge in [-0.25, -0.2) is 0 Å². The molecule has 122 valence electrons. The van der Waals surface area contributed by atoms with E-state index in [0.29, 0.717) is 0 Å². The summed E-state index contributed by atoms with van der Waals surface area (Å²) in [5, 5.41) is 2.65. The van der Waals surface area contributed by atoms with Gasteiger partial charge < -0.3 is 5.32 Å². The van der Waals surface area contributed by atoms with Crippen molar-refractivity contribution < 1.29 is 18.0 Å². The van der Waals surface area contributed by atoms with Crippen LogP contribution in [-0.4, -0.2) is 5.91 Å². The second-order valence-electron chi connectivity index (χ2n) is 5.60. The fourth-order valence-electron chi connectivity index (χ4n) is 2.51. The van der Waals surface area contributed by atoms with Gasteiger partial charge in [0.15, 0.2) is 0 Å². The molecule has 1 unspecified atom stereocenters. The molecule has 0 aromatic heterocycles. The molecule has 0 fully saturated rings. The standard InChI is InChI=1S/C18H18F3NO/c1-11-8-9-12(2)15(10-11)13(3)22-17(23)14-6-4-5-7-16(14)18(19,20)21/h4-10,13H,1-3H3,(H,22,23). The van der Waals surface area contributed by atoms with E-state index in [-0.39, 0.29) is 11.6 Å². The first-order valence-corrected chi connectivity index (χ1v) is 7.24. The molecule has 0 bridgehead atoms. The number of amides is 1. The topological polar surface area (TPSA) is 29.1 Å². The highest BCUT2D eigenvalue weighted by molar-refractivity contribution is 5.96. The average Bonchev–Trinajstić information content (AvgIpc) is 2.48. The smallest absolute Gasteiger partial charge is 0.345 e. The quantitative estimate of drug-likeness (QED) is 0.863. The highest BCUT2D eigenvalue weighted by Gasteiger charge is 2.35. The Labute approximate surface area is 133 Å². The van der Waals surface area contributed by atoms with Crippen molar-refractivity contribution in [3.05, 3.63) is 70.3 Å². The van der Waals surface area contributed by atoms with Crippen molar-refractivity contribution in [2.45, 2.75) is 33.0 Å². The molecule has 2 aromatic carbocycles. The summed E-state index contributed by atoms with van der Waals surface area (Å²) in [6.07, 6.45) is -4.56. The Balaban J connectivity index is 2.28. The van der Waals surface area contributed by atoms with Gasteiger partial charge in [0, 0.05) is 0 Å². The summed E-state index contributed by atoms with van der Waals surface area (Å²) in [5.41, 5.74) is 1.61. The van der Waals surface area contributed by atoms with Crippen LogP contribution in [0.5, 0.6) is 0 Å². The van der Waals surface area contributed by atoms with Crippen LogP contribution in [0.1, 0.15) is 45.6 Å². The molecule has 0 heterocycles. The molecule has 5 heteroatoms. The summed E-state index contributed by atoms with van der Waals surface area (Å²) in [4.78, 5) is 12.3. The van der Waals surface area contributed by atoms with Crippen molar-refractivity contribution in [3.63, 3.8) is 0 Å². The third-order valence-corrected chi connectivity index (χ3v) is 3.73. The zero-order chi connectivity index (χ0) is 17.2. The Morgan fingerprint density at radius 1 is 1.09 bits per heavy atom. The van der Waals surface area contributed by atoms with E-state index in [4.69, 9.17) is 0 Å². The van der Waals surface area contributed by atoms with Crippen LogP contribution in [0.2, 0.25) is 0 Å². The van der Waals surface area contributed by atoms with E-state index in [1.165, 1.54) is 18.2 Å². The van der Waals surface area contributed by atoms with Crippen LogP contribution >= 0.6 is 0 Å². The van der Waals surface area contributed by atoms with Crippen molar-refractivity contribution in [1.82, 2.24) is 5.32 Å². The van der Waals surface area contributed by atoms with Gasteiger partial charge in [-0.1, -0.05) is 35.9 Å². The first kappa shape index (κ1) is 17.1. The molecule has 2 nitrogen and oxygen atoms in total. The Hall–Kier alpha value is -2.30. The van der Waals surface area contributed by atoms with E-state index in [2.05, 4.69) is 5.32 Å². The van der Waals surface area contributed by atoms with Crippen LogP contribution in [0.3, 0.4) is 0 Å². The first-order chi connectivity index (χ1) is 10.7. The number of carbonyl (C=O) groups excluding carboxylic acids is 1. The largest absolute Gasteiger partial charge is 0.417 e. The summed E-state index contributed by atoms with van der Waals surface area (Å²) >= 11 is 0. The van der Waals surface area contributed by atoms with Crippen LogP contribution in [0.15, 0.2) is 42.5 Å². The van der Waals surface area contributed by atoms with Crippen molar-refractivity contribution in [3.8, 4) is 0 Å². The van der Waals surface area contributed by atoms with Gasteiger partial charge in [-0.05, 0) is 44.0 Å². The van der Waals surface area contributed by atoms with Gasteiger partial charge in [-0.15, -0.1) is 0 Å². The molecule has 0 aliphatic heterocycles. The van der Waals surface area contributed by atoms with Crippen LogP contribution in [0, 0.1) is 13.8 Å². The summed E-state index contributed by atoms with van der Waals surface area (Å²) in [6, 6.07) is 10.2. The Bertz CT molecular complexity index is 722. The molecule has 1 N–H and O–H groups in total.